The molecule has 0 unspecified atom stereocenters. The summed E-state index contributed by atoms with van der Waals surface area (Å²) in [5.41, 5.74) is 4.69. The van der Waals surface area contributed by atoms with Gasteiger partial charge < -0.3 is 5.32 Å². The van der Waals surface area contributed by atoms with Crippen molar-refractivity contribution in [2.24, 2.45) is 10.2 Å². The maximum Gasteiger partial charge on any atom is 0.236 e. The van der Waals surface area contributed by atoms with Crippen molar-refractivity contribution in [3.05, 3.63) is 59.7 Å². The minimum atomic E-state index is -0.0256. The molecule has 1 saturated heterocycles. The molecule has 0 aliphatic carbocycles. The molecule has 116 valence electrons. The van der Waals surface area contributed by atoms with E-state index >= 15 is 0 Å². The Morgan fingerprint density at radius 1 is 1.09 bits per heavy atom. The van der Waals surface area contributed by atoms with E-state index < -0.39 is 0 Å². The van der Waals surface area contributed by atoms with E-state index in [1.165, 1.54) is 28.5 Å². The van der Waals surface area contributed by atoms with Gasteiger partial charge in [0.25, 0.3) is 0 Å². The van der Waals surface area contributed by atoms with Crippen LogP contribution in [0.25, 0.3) is 11.1 Å². The van der Waals surface area contributed by atoms with E-state index in [1.54, 1.807) is 6.21 Å². The average molecular weight is 323 g/mol. The number of hydrogen-bond acceptors (Lipinski definition) is 4. The molecule has 1 fully saturated rings. The zero-order chi connectivity index (χ0) is 16.1. The highest BCUT2D eigenvalue weighted by Crippen LogP contribution is 2.20. The van der Waals surface area contributed by atoms with Crippen molar-refractivity contribution >= 4 is 29.1 Å². The Morgan fingerprint density at radius 3 is 2.30 bits per heavy atom. The topological polar surface area (TPSA) is 53.8 Å². The second-order valence-electron chi connectivity index (χ2n) is 5.16. The third kappa shape index (κ3) is 4.07. The van der Waals surface area contributed by atoms with Gasteiger partial charge in [-0.15, -0.1) is 5.10 Å². The smallest absolute Gasteiger partial charge is 0.236 e. The Kier molecular flexibility index (Phi) is 4.88. The van der Waals surface area contributed by atoms with E-state index in [0.29, 0.717) is 10.9 Å². The fraction of sp³-hybridized carbons (Fsp3) is 0.167. The van der Waals surface area contributed by atoms with Crippen molar-refractivity contribution in [3.8, 4) is 11.1 Å². The molecule has 2 aromatic rings. The van der Waals surface area contributed by atoms with Gasteiger partial charge in [0.15, 0.2) is 5.17 Å². The van der Waals surface area contributed by atoms with E-state index in [2.05, 4.69) is 58.8 Å². The standard InChI is InChI=1S/C18H17N3OS/c1-2-13-3-7-15(8-4-13)16-9-5-14(6-10-16)11-19-21-18-20-17(22)12-23-18/h3-11H,2,12H2,1H3,(H,20,21,22). The first-order valence-corrected chi connectivity index (χ1v) is 8.46. The fourth-order valence-electron chi connectivity index (χ4n) is 2.22. The Hall–Kier alpha value is -2.40. The second-order valence-corrected chi connectivity index (χ2v) is 6.12. The van der Waals surface area contributed by atoms with Crippen molar-refractivity contribution in [3.63, 3.8) is 0 Å². The Morgan fingerprint density at radius 2 is 1.74 bits per heavy atom. The van der Waals surface area contributed by atoms with E-state index in [9.17, 15) is 4.79 Å². The number of amidine groups is 1. The van der Waals surface area contributed by atoms with Crippen LogP contribution in [0.1, 0.15) is 18.1 Å². The molecular formula is C18H17N3OS. The largest absolute Gasteiger partial charge is 0.303 e. The van der Waals surface area contributed by atoms with E-state index in [4.69, 9.17) is 0 Å². The summed E-state index contributed by atoms with van der Waals surface area (Å²) >= 11 is 1.36. The molecule has 1 aliphatic rings. The lowest BCUT2D eigenvalue weighted by Gasteiger charge is -2.03. The van der Waals surface area contributed by atoms with Crippen LogP contribution in [0, 0.1) is 0 Å². The van der Waals surface area contributed by atoms with Gasteiger partial charge in [-0.05, 0) is 28.7 Å². The molecule has 1 N–H and O–H groups in total. The van der Waals surface area contributed by atoms with Crippen LogP contribution in [0.3, 0.4) is 0 Å². The van der Waals surface area contributed by atoms with E-state index in [1.807, 2.05) is 12.1 Å². The number of nitrogens with one attached hydrogen (secondary N) is 1. The summed E-state index contributed by atoms with van der Waals surface area (Å²) in [5, 5.41) is 11.2. The van der Waals surface area contributed by atoms with Gasteiger partial charge in [-0.25, -0.2) is 0 Å². The predicted molar refractivity (Wildman–Crippen MR) is 96.9 cm³/mol. The summed E-state index contributed by atoms with van der Waals surface area (Å²) < 4.78 is 0. The molecular weight excluding hydrogens is 306 g/mol. The van der Waals surface area contributed by atoms with Crippen LogP contribution in [0.2, 0.25) is 0 Å². The number of rotatable bonds is 4. The fourth-order valence-corrected chi connectivity index (χ4v) is 2.85. The van der Waals surface area contributed by atoms with Gasteiger partial charge in [0.05, 0.1) is 12.0 Å². The number of carbonyl (C=O) groups excluding carboxylic acids is 1. The van der Waals surface area contributed by atoms with Crippen LogP contribution < -0.4 is 5.32 Å². The second kappa shape index (κ2) is 7.24. The van der Waals surface area contributed by atoms with E-state index in [0.717, 1.165) is 12.0 Å². The summed E-state index contributed by atoms with van der Waals surface area (Å²) in [6.07, 6.45) is 2.74. The summed E-state index contributed by atoms with van der Waals surface area (Å²) in [6.45, 7) is 2.15. The summed E-state index contributed by atoms with van der Waals surface area (Å²) in [4.78, 5) is 11.0. The minimum absolute atomic E-state index is 0.0256. The Balaban J connectivity index is 1.68. The molecule has 23 heavy (non-hydrogen) atoms. The molecule has 2 aromatic carbocycles. The highest BCUT2D eigenvalue weighted by Gasteiger charge is 2.15. The molecule has 4 nitrogen and oxygen atoms in total. The first-order chi connectivity index (χ1) is 11.2. The van der Waals surface area contributed by atoms with Crippen molar-refractivity contribution in [1.82, 2.24) is 5.32 Å². The van der Waals surface area contributed by atoms with Gasteiger partial charge >= 0.3 is 0 Å². The summed E-state index contributed by atoms with van der Waals surface area (Å²) in [7, 11) is 0. The Labute approximate surface area is 139 Å². The normalized spacial score (nSPS) is 16.2. The average Bonchev–Trinajstić information content (AvgIpc) is 3.01. The number of benzene rings is 2. The molecule has 3 rings (SSSR count). The van der Waals surface area contributed by atoms with Gasteiger partial charge in [-0.2, -0.15) is 5.10 Å². The van der Waals surface area contributed by atoms with Crippen molar-refractivity contribution < 1.29 is 4.79 Å². The lowest BCUT2D eigenvalue weighted by atomic mass is 10.0. The van der Waals surface area contributed by atoms with Gasteiger partial charge in [-0.3, -0.25) is 4.79 Å². The van der Waals surface area contributed by atoms with Crippen molar-refractivity contribution in [1.29, 1.82) is 0 Å². The molecule has 0 saturated carbocycles. The van der Waals surface area contributed by atoms with Crippen molar-refractivity contribution in [2.75, 3.05) is 5.75 Å². The summed E-state index contributed by atoms with van der Waals surface area (Å²) in [6, 6.07) is 16.8. The van der Waals surface area contributed by atoms with Gasteiger partial charge in [0.2, 0.25) is 5.91 Å². The monoisotopic (exact) mass is 323 g/mol. The first kappa shape index (κ1) is 15.5. The highest BCUT2D eigenvalue weighted by molar-refractivity contribution is 8.15. The molecule has 1 amide bonds. The molecule has 1 heterocycles. The van der Waals surface area contributed by atoms with Crippen LogP contribution in [0.4, 0.5) is 0 Å². The molecule has 1 aliphatic heterocycles. The molecule has 5 heteroatoms. The quantitative estimate of drug-likeness (QED) is 0.692. The van der Waals surface area contributed by atoms with Crippen LogP contribution in [-0.4, -0.2) is 23.0 Å². The van der Waals surface area contributed by atoms with E-state index in [-0.39, 0.29) is 5.91 Å². The first-order valence-electron chi connectivity index (χ1n) is 7.47. The van der Waals surface area contributed by atoms with Gasteiger partial charge in [0, 0.05) is 0 Å². The number of nitrogens with zero attached hydrogens (tertiary/aromatic N) is 2. The Bertz CT molecular complexity index is 749. The number of carbonyl (C=O) groups is 1. The van der Waals surface area contributed by atoms with Crippen LogP contribution in [-0.2, 0) is 11.2 Å². The zero-order valence-electron chi connectivity index (χ0n) is 12.8. The molecule has 0 bridgehead atoms. The third-order valence-electron chi connectivity index (χ3n) is 3.55. The predicted octanol–water partition coefficient (Wildman–Crippen LogP) is 3.47. The molecule has 0 spiro atoms. The lowest BCUT2D eigenvalue weighted by molar-refractivity contribution is -0.116. The van der Waals surface area contributed by atoms with Crippen LogP contribution in [0.5, 0.6) is 0 Å². The van der Waals surface area contributed by atoms with Gasteiger partial charge in [0.1, 0.15) is 0 Å². The highest BCUT2D eigenvalue weighted by atomic mass is 32.2. The van der Waals surface area contributed by atoms with Gasteiger partial charge in [-0.1, -0.05) is 67.2 Å². The SMILES string of the molecule is CCc1ccc(-c2ccc(C=NN=C3NC(=O)CS3)cc2)cc1. The zero-order valence-corrected chi connectivity index (χ0v) is 13.6. The maximum absolute atomic E-state index is 11.0. The molecule has 0 atom stereocenters. The molecule has 0 radical (unpaired) electrons. The third-order valence-corrected chi connectivity index (χ3v) is 4.41. The maximum atomic E-state index is 11.0. The number of thioether (sulfide) groups is 1. The number of aryl methyl sites for hydroxylation is 1. The number of amides is 1. The van der Waals surface area contributed by atoms with Crippen LogP contribution >= 0.6 is 11.8 Å². The number of hydrogen-bond donors (Lipinski definition) is 1. The lowest BCUT2D eigenvalue weighted by Crippen LogP contribution is -2.19. The molecule has 0 aromatic heterocycles. The minimum Gasteiger partial charge on any atom is -0.303 e. The van der Waals surface area contributed by atoms with Crippen molar-refractivity contribution in [2.45, 2.75) is 13.3 Å². The summed E-state index contributed by atoms with van der Waals surface area (Å²) in [5.74, 6) is 0.391. The van der Waals surface area contributed by atoms with Crippen LogP contribution in [0.15, 0.2) is 58.7 Å².